The van der Waals surface area contributed by atoms with Crippen molar-refractivity contribution in [1.29, 1.82) is 0 Å². The molecule has 0 atom stereocenters. The third kappa shape index (κ3) is 3.00. The van der Waals surface area contributed by atoms with E-state index in [1.165, 1.54) is 5.39 Å². The van der Waals surface area contributed by atoms with Crippen molar-refractivity contribution < 1.29 is 4.74 Å². The summed E-state index contributed by atoms with van der Waals surface area (Å²) in [7, 11) is 0. The van der Waals surface area contributed by atoms with Crippen LogP contribution in [-0.4, -0.2) is 11.5 Å². The summed E-state index contributed by atoms with van der Waals surface area (Å²) in [6, 6.07) is 16.0. The number of pyridine rings is 1. The van der Waals surface area contributed by atoms with Gasteiger partial charge in [0, 0.05) is 18.8 Å². The average Bonchev–Trinajstić information content (AvgIpc) is 2.51. The molecule has 0 unspecified atom stereocenters. The van der Waals surface area contributed by atoms with Crippen LogP contribution in [0, 0.1) is 0 Å². The Bertz CT molecular complexity index is 774. The molecule has 4 heteroatoms. The fourth-order valence-corrected chi connectivity index (χ4v) is 2.75. The molecule has 3 nitrogen and oxygen atoms in total. The van der Waals surface area contributed by atoms with Gasteiger partial charge in [0.05, 0.1) is 4.47 Å². The SMILES string of the molecule is CCNc1cc(Oc2ccc3ccccc3c2Br)ccn1. The van der Waals surface area contributed by atoms with Gasteiger partial charge in [0.1, 0.15) is 17.3 Å². The summed E-state index contributed by atoms with van der Waals surface area (Å²) >= 11 is 3.63. The number of halogens is 1. The van der Waals surface area contributed by atoms with Crippen molar-refractivity contribution >= 4 is 32.5 Å². The van der Waals surface area contributed by atoms with Crippen molar-refractivity contribution in [2.75, 3.05) is 11.9 Å². The first-order valence-corrected chi connectivity index (χ1v) is 7.62. The first-order valence-electron chi connectivity index (χ1n) is 6.83. The molecular weight excluding hydrogens is 328 g/mol. The van der Waals surface area contributed by atoms with Crippen molar-refractivity contribution in [2.24, 2.45) is 0 Å². The Morgan fingerprint density at radius 1 is 1.14 bits per heavy atom. The Balaban J connectivity index is 1.94. The highest BCUT2D eigenvalue weighted by Gasteiger charge is 2.07. The standard InChI is InChI=1S/C17H15BrN2O/c1-2-19-16-11-13(9-10-20-16)21-15-8-7-12-5-3-4-6-14(12)17(15)18/h3-11H,2H2,1H3,(H,19,20). The van der Waals surface area contributed by atoms with Crippen LogP contribution in [0.4, 0.5) is 5.82 Å². The van der Waals surface area contributed by atoms with E-state index in [1.807, 2.05) is 37.3 Å². The number of nitrogens with one attached hydrogen (secondary N) is 1. The van der Waals surface area contributed by atoms with Crippen LogP contribution in [-0.2, 0) is 0 Å². The Kier molecular flexibility index (Phi) is 4.06. The van der Waals surface area contributed by atoms with Crippen molar-refractivity contribution in [3.63, 3.8) is 0 Å². The number of nitrogens with zero attached hydrogens (tertiary/aromatic N) is 1. The Morgan fingerprint density at radius 2 is 2.00 bits per heavy atom. The molecule has 0 saturated heterocycles. The van der Waals surface area contributed by atoms with E-state index in [-0.39, 0.29) is 0 Å². The molecule has 21 heavy (non-hydrogen) atoms. The van der Waals surface area contributed by atoms with Crippen molar-refractivity contribution in [1.82, 2.24) is 4.98 Å². The quantitative estimate of drug-likeness (QED) is 0.705. The molecule has 0 amide bonds. The highest BCUT2D eigenvalue weighted by molar-refractivity contribution is 9.10. The number of anilines is 1. The molecule has 1 aromatic heterocycles. The Morgan fingerprint density at radius 3 is 2.86 bits per heavy atom. The topological polar surface area (TPSA) is 34.1 Å². The third-order valence-corrected chi connectivity index (χ3v) is 3.96. The second-order valence-electron chi connectivity index (χ2n) is 4.61. The van der Waals surface area contributed by atoms with Gasteiger partial charge in [-0.2, -0.15) is 0 Å². The van der Waals surface area contributed by atoms with Gasteiger partial charge < -0.3 is 10.1 Å². The predicted octanol–water partition coefficient (Wildman–Crippen LogP) is 5.22. The molecule has 0 spiro atoms. The van der Waals surface area contributed by atoms with Crippen molar-refractivity contribution in [3.05, 3.63) is 59.2 Å². The van der Waals surface area contributed by atoms with Crippen molar-refractivity contribution in [2.45, 2.75) is 6.92 Å². The molecule has 2 aromatic carbocycles. The molecule has 1 heterocycles. The van der Waals surface area contributed by atoms with Crippen LogP contribution in [0.3, 0.4) is 0 Å². The maximum atomic E-state index is 5.98. The monoisotopic (exact) mass is 342 g/mol. The Hall–Kier alpha value is -2.07. The average molecular weight is 343 g/mol. The zero-order chi connectivity index (χ0) is 14.7. The van der Waals surface area contributed by atoms with Gasteiger partial charge in [-0.1, -0.05) is 30.3 Å². The largest absolute Gasteiger partial charge is 0.456 e. The van der Waals surface area contributed by atoms with Crippen LogP contribution in [0.1, 0.15) is 6.92 Å². The van der Waals surface area contributed by atoms with Gasteiger partial charge in [-0.05, 0) is 45.8 Å². The second-order valence-corrected chi connectivity index (χ2v) is 5.40. The first-order chi connectivity index (χ1) is 10.3. The lowest BCUT2D eigenvalue weighted by molar-refractivity contribution is 0.480. The lowest BCUT2D eigenvalue weighted by atomic mass is 10.1. The molecule has 106 valence electrons. The molecule has 0 fully saturated rings. The molecule has 3 aromatic rings. The van der Waals surface area contributed by atoms with Gasteiger partial charge in [0.15, 0.2) is 0 Å². The van der Waals surface area contributed by atoms with Gasteiger partial charge in [-0.25, -0.2) is 4.98 Å². The van der Waals surface area contributed by atoms with Crippen LogP contribution < -0.4 is 10.1 Å². The highest BCUT2D eigenvalue weighted by atomic mass is 79.9. The predicted molar refractivity (Wildman–Crippen MR) is 90.1 cm³/mol. The summed E-state index contributed by atoms with van der Waals surface area (Å²) in [6.07, 6.45) is 1.74. The smallest absolute Gasteiger partial charge is 0.142 e. The van der Waals surface area contributed by atoms with Gasteiger partial charge in [-0.3, -0.25) is 0 Å². The normalized spacial score (nSPS) is 10.6. The van der Waals surface area contributed by atoms with E-state index in [0.717, 1.165) is 33.7 Å². The van der Waals surface area contributed by atoms with Crippen LogP contribution >= 0.6 is 15.9 Å². The van der Waals surface area contributed by atoms with Crippen molar-refractivity contribution in [3.8, 4) is 11.5 Å². The molecule has 0 aliphatic heterocycles. The van der Waals surface area contributed by atoms with Crippen LogP contribution in [0.5, 0.6) is 11.5 Å². The molecular formula is C17H15BrN2O. The summed E-state index contributed by atoms with van der Waals surface area (Å²) in [5, 5.41) is 5.49. The summed E-state index contributed by atoms with van der Waals surface area (Å²) in [5.41, 5.74) is 0. The fraction of sp³-hybridized carbons (Fsp3) is 0.118. The summed E-state index contributed by atoms with van der Waals surface area (Å²) < 4.78 is 6.94. The molecule has 3 rings (SSSR count). The van der Waals surface area contributed by atoms with Crippen LogP contribution in [0.2, 0.25) is 0 Å². The van der Waals surface area contributed by atoms with E-state index in [2.05, 4.69) is 44.4 Å². The molecule has 0 bridgehead atoms. The van der Waals surface area contributed by atoms with Gasteiger partial charge in [0.25, 0.3) is 0 Å². The van der Waals surface area contributed by atoms with E-state index < -0.39 is 0 Å². The van der Waals surface area contributed by atoms with Gasteiger partial charge in [-0.15, -0.1) is 0 Å². The number of hydrogen-bond donors (Lipinski definition) is 1. The minimum Gasteiger partial charge on any atom is -0.456 e. The lowest BCUT2D eigenvalue weighted by Gasteiger charge is -2.11. The molecule has 0 aliphatic carbocycles. The summed E-state index contributed by atoms with van der Waals surface area (Å²) in [6.45, 7) is 2.87. The van der Waals surface area contributed by atoms with Gasteiger partial charge in [0.2, 0.25) is 0 Å². The maximum Gasteiger partial charge on any atom is 0.142 e. The van der Waals surface area contributed by atoms with E-state index in [4.69, 9.17) is 4.74 Å². The minimum absolute atomic E-state index is 0.761. The maximum absolute atomic E-state index is 5.98. The number of rotatable bonds is 4. The fourth-order valence-electron chi connectivity index (χ4n) is 2.17. The molecule has 1 N–H and O–H groups in total. The number of benzene rings is 2. The van der Waals surface area contributed by atoms with E-state index in [9.17, 15) is 0 Å². The molecule has 0 aliphatic rings. The first kappa shape index (κ1) is 13.9. The zero-order valence-corrected chi connectivity index (χ0v) is 13.2. The number of hydrogen-bond acceptors (Lipinski definition) is 3. The molecule has 0 radical (unpaired) electrons. The molecule has 0 saturated carbocycles. The lowest BCUT2D eigenvalue weighted by Crippen LogP contribution is -1.98. The zero-order valence-electron chi connectivity index (χ0n) is 11.6. The number of ether oxygens (including phenoxy) is 1. The third-order valence-electron chi connectivity index (χ3n) is 3.14. The Labute approximate surface area is 132 Å². The summed E-state index contributed by atoms with van der Waals surface area (Å²) in [4.78, 5) is 4.24. The van der Waals surface area contributed by atoms with E-state index in [1.54, 1.807) is 6.20 Å². The van der Waals surface area contributed by atoms with E-state index in [0.29, 0.717) is 0 Å². The van der Waals surface area contributed by atoms with Gasteiger partial charge >= 0.3 is 0 Å². The van der Waals surface area contributed by atoms with Crippen LogP contribution in [0.15, 0.2) is 59.2 Å². The number of aromatic nitrogens is 1. The van der Waals surface area contributed by atoms with Crippen LogP contribution in [0.25, 0.3) is 10.8 Å². The second kappa shape index (κ2) is 6.14. The highest BCUT2D eigenvalue weighted by Crippen LogP contribution is 2.35. The van der Waals surface area contributed by atoms with E-state index >= 15 is 0 Å². The minimum atomic E-state index is 0.761. The number of fused-ring (bicyclic) bond motifs is 1. The summed E-state index contributed by atoms with van der Waals surface area (Å²) in [5.74, 6) is 2.37.